The molecule has 1 aliphatic heterocycles. The van der Waals surface area contributed by atoms with E-state index >= 15 is 0 Å². The van der Waals surface area contributed by atoms with E-state index in [1.165, 1.54) is 0 Å². The Labute approximate surface area is 149 Å². The molecule has 25 heavy (non-hydrogen) atoms. The number of likely N-dealkylation sites (tertiary alicyclic amines) is 1. The molecule has 3 rings (SSSR count). The molecule has 132 valence electrons. The second-order valence-corrected chi connectivity index (χ2v) is 6.51. The van der Waals surface area contributed by atoms with Gasteiger partial charge < -0.3 is 10.1 Å². The summed E-state index contributed by atoms with van der Waals surface area (Å²) in [6.45, 7) is 3.57. The van der Waals surface area contributed by atoms with E-state index in [0.717, 1.165) is 37.2 Å². The van der Waals surface area contributed by atoms with E-state index in [9.17, 15) is 4.79 Å². The second kappa shape index (κ2) is 9.18. The van der Waals surface area contributed by atoms with Crippen LogP contribution in [0.15, 0.2) is 54.9 Å². The first-order valence-electron chi connectivity index (χ1n) is 8.85. The van der Waals surface area contributed by atoms with E-state index < -0.39 is 0 Å². The van der Waals surface area contributed by atoms with Crippen LogP contribution in [0.5, 0.6) is 5.75 Å². The van der Waals surface area contributed by atoms with E-state index in [0.29, 0.717) is 25.6 Å². The molecule has 1 aromatic heterocycles. The number of hydrogen-bond acceptors (Lipinski definition) is 4. The van der Waals surface area contributed by atoms with E-state index in [2.05, 4.69) is 15.2 Å². The Kier molecular flexibility index (Phi) is 6.40. The third-order valence-corrected chi connectivity index (χ3v) is 4.41. The zero-order chi connectivity index (χ0) is 17.3. The number of piperidine rings is 1. The van der Waals surface area contributed by atoms with Crippen LogP contribution in [0.4, 0.5) is 0 Å². The average Bonchev–Trinajstić information content (AvgIpc) is 2.67. The number of hydrogen-bond donors (Lipinski definition) is 1. The topological polar surface area (TPSA) is 54.5 Å². The predicted octanol–water partition coefficient (Wildman–Crippen LogP) is 2.49. The molecule has 0 aliphatic carbocycles. The molecule has 2 aromatic rings. The number of carbonyl (C=O) groups excluding carboxylic acids is 1. The standard InChI is InChI=1S/C20H25N3O2/c24-20(22-13-17-6-4-10-21-12-17)15-23-11-5-7-18(14-23)16-25-19-8-2-1-3-9-19/h1-4,6,8-10,12,18H,5,7,11,13-16H2,(H,22,24)/t18-/m0/s1. The van der Waals surface area contributed by atoms with E-state index in [-0.39, 0.29) is 5.91 Å². The van der Waals surface area contributed by atoms with Gasteiger partial charge >= 0.3 is 0 Å². The van der Waals surface area contributed by atoms with Gasteiger partial charge in [0.25, 0.3) is 0 Å². The summed E-state index contributed by atoms with van der Waals surface area (Å²) >= 11 is 0. The molecule has 0 spiro atoms. The van der Waals surface area contributed by atoms with Crippen molar-refractivity contribution in [3.63, 3.8) is 0 Å². The van der Waals surface area contributed by atoms with Gasteiger partial charge in [-0.1, -0.05) is 24.3 Å². The minimum Gasteiger partial charge on any atom is -0.493 e. The molecule has 0 saturated carbocycles. The number of aromatic nitrogens is 1. The van der Waals surface area contributed by atoms with Crippen LogP contribution in [-0.2, 0) is 11.3 Å². The third-order valence-electron chi connectivity index (χ3n) is 4.41. The fourth-order valence-corrected chi connectivity index (χ4v) is 3.12. The van der Waals surface area contributed by atoms with Gasteiger partial charge in [0.2, 0.25) is 5.91 Å². The maximum absolute atomic E-state index is 12.2. The van der Waals surface area contributed by atoms with Crippen LogP contribution in [0.2, 0.25) is 0 Å². The summed E-state index contributed by atoms with van der Waals surface area (Å²) in [6, 6.07) is 13.7. The maximum atomic E-state index is 12.2. The molecule has 5 heteroatoms. The van der Waals surface area contributed by atoms with Crippen molar-refractivity contribution in [2.24, 2.45) is 5.92 Å². The Hall–Kier alpha value is -2.40. The summed E-state index contributed by atoms with van der Waals surface area (Å²) in [4.78, 5) is 18.4. The number of nitrogens with one attached hydrogen (secondary N) is 1. The van der Waals surface area contributed by atoms with Crippen molar-refractivity contribution in [1.29, 1.82) is 0 Å². The Balaban J connectivity index is 1.39. The van der Waals surface area contributed by atoms with Gasteiger partial charge in [-0.15, -0.1) is 0 Å². The normalized spacial score (nSPS) is 17.8. The molecular weight excluding hydrogens is 314 g/mol. The molecule has 1 aliphatic rings. The Morgan fingerprint density at radius 2 is 2.12 bits per heavy atom. The highest BCUT2D eigenvalue weighted by atomic mass is 16.5. The van der Waals surface area contributed by atoms with Crippen LogP contribution in [-0.4, -0.2) is 42.0 Å². The lowest BCUT2D eigenvalue weighted by Crippen LogP contribution is -2.43. The zero-order valence-electron chi connectivity index (χ0n) is 14.4. The minimum atomic E-state index is 0.0634. The molecule has 1 N–H and O–H groups in total. The molecule has 1 aromatic carbocycles. The first-order valence-corrected chi connectivity index (χ1v) is 8.85. The van der Waals surface area contributed by atoms with Gasteiger partial charge in [-0.05, 0) is 43.1 Å². The first-order chi connectivity index (χ1) is 12.3. The molecule has 1 amide bonds. The summed E-state index contributed by atoms with van der Waals surface area (Å²) in [6.07, 6.45) is 5.77. The zero-order valence-corrected chi connectivity index (χ0v) is 14.4. The highest BCUT2D eigenvalue weighted by Gasteiger charge is 2.22. The Morgan fingerprint density at radius 3 is 2.92 bits per heavy atom. The number of carbonyl (C=O) groups is 1. The molecule has 1 saturated heterocycles. The van der Waals surface area contributed by atoms with Crippen LogP contribution in [0.3, 0.4) is 0 Å². The first kappa shape index (κ1) is 17.4. The minimum absolute atomic E-state index is 0.0634. The van der Waals surface area contributed by atoms with Crippen LogP contribution >= 0.6 is 0 Å². The van der Waals surface area contributed by atoms with Gasteiger partial charge in [0.1, 0.15) is 5.75 Å². The lowest BCUT2D eigenvalue weighted by molar-refractivity contribution is -0.122. The van der Waals surface area contributed by atoms with Gasteiger partial charge in [0.05, 0.1) is 13.2 Å². The number of rotatable bonds is 7. The molecule has 0 bridgehead atoms. The van der Waals surface area contributed by atoms with Crippen molar-refractivity contribution in [3.05, 3.63) is 60.4 Å². The van der Waals surface area contributed by atoms with Crippen LogP contribution in [0, 0.1) is 5.92 Å². The van der Waals surface area contributed by atoms with E-state index in [4.69, 9.17) is 4.74 Å². The fourth-order valence-electron chi connectivity index (χ4n) is 3.12. The molecule has 0 radical (unpaired) electrons. The monoisotopic (exact) mass is 339 g/mol. The van der Waals surface area contributed by atoms with Gasteiger partial charge in [-0.25, -0.2) is 0 Å². The SMILES string of the molecule is O=C(CN1CCC[C@H](COc2ccccc2)C1)NCc1cccnc1. The van der Waals surface area contributed by atoms with Crippen molar-refractivity contribution in [3.8, 4) is 5.75 Å². The number of benzene rings is 1. The van der Waals surface area contributed by atoms with Crippen LogP contribution < -0.4 is 10.1 Å². The largest absolute Gasteiger partial charge is 0.493 e. The summed E-state index contributed by atoms with van der Waals surface area (Å²) in [5.74, 6) is 1.45. The third kappa shape index (κ3) is 5.87. The van der Waals surface area contributed by atoms with Gasteiger partial charge in [0, 0.05) is 31.4 Å². The number of nitrogens with zero attached hydrogens (tertiary/aromatic N) is 2. The summed E-state index contributed by atoms with van der Waals surface area (Å²) in [7, 11) is 0. The predicted molar refractivity (Wildman–Crippen MR) is 97.2 cm³/mol. The van der Waals surface area contributed by atoms with Crippen LogP contribution in [0.1, 0.15) is 18.4 Å². The lowest BCUT2D eigenvalue weighted by Gasteiger charge is -2.32. The highest BCUT2D eigenvalue weighted by Crippen LogP contribution is 2.18. The summed E-state index contributed by atoms with van der Waals surface area (Å²) in [5.41, 5.74) is 1.02. The lowest BCUT2D eigenvalue weighted by atomic mass is 9.99. The molecular formula is C20H25N3O2. The van der Waals surface area contributed by atoms with E-state index in [1.807, 2.05) is 42.5 Å². The van der Waals surface area contributed by atoms with Crippen LogP contribution in [0.25, 0.3) is 0 Å². The average molecular weight is 339 g/mol. The molecule has 2 heterocycles. The second-order valence-electron chi connectivity index (χ2n) is 6.51. The number of pyridine rings is 1. The number of para-hydroxylation sites is 1. The molecule has 5 nitrogen and oxygen atoms in total. The highest BCUT2D eigenvalue weighted by molar-refractivity contribution is 5.78. The molecule has 1 atom stereocenters. The van der Waals surface area contributed by atoms with Crippen molar-refractivity contribution >= 4 is 5.91 Å². The van der Waals surface area contributed by atoms with Gasteiger partial charge in [-0.3, -0.25) is 14.7 Å². The van der Waals surface area contributed by atoms with E-state index in [1.54, 1.807) is 12.4 Å². The Morgan fingerprint density at radius 1 is 1.24 bits per heavy atom. The quantitative estimate of drug-likeness (QED) is 0.842. The fraction of sp³-hybridized carbons (Fsp3) is 0.400. The Bertz CT molecular complexity index is 649. The molecule has 1 fully saturated rings. The van der Waals surface area contributed by atoms with Gasteiger partial charge in [0.15, 0.2) is 0 Å². The summed E-state index contributed by atoms with van der Waals surface area (Å²) in [5, 5.41) is 2.97. The number of amides is 1. The summed E-state index contributed by atoms with van der Waals surface area (Å²) < 4.78 is 5.87. The van der Waals surface area contributed by atoms with Crippen molar-refractivity contribution in [1.82, 2.24) is 15.2 Å². The van der Waals surface area contributed by atoms with Crippen molar-refractivity contribution in [2.75, 3.05) is 26.2 Å². The number of ether oxygens (including phenoxy) is 1. The smallest absolute Gasteiger partial charge is 0.234 e. The maximum Gasteiger partial charge on any atom is 0.234 e. The van der Waals surface area contributed by atoms with Gasteiger partial charge in [-0.2, -0.15) is 0 Å². The van der Waals surface area contributed by atoms with Crippen molar-refractivity contribution in [2.45, 2.75) is 19.4 Å². The molecule has 0 unspecified atom stereocenters. The van der Waals surface area contributed by atoms with Crippen molar-refractivity contribution < 1.29 is 9.53 Å².